The van der Waals surface area contributed by atoms with Crippen molar-refractivity contribution >= 4 is 33.7 Å². The van der Waals surface area contributed by atoms with E-state index in [1.54, 1.807) is 0 Å². The number of hydrogen-bond donors (Lipinski definition) is 3. The predicted molar refractivity (Wildman–Crippen MR) is 89.4 cm³/mol. The molecule has 9 heteroatoms. The van der Waals surface area contributed by atoms with Gasteiger partial charge < -0.3 is 15.0 Å². The van der Waals surface area contributed by atoms with Crippen LogP contribution in [-0.4, -0.2) is 35.4 Å². The zero-order valence-electron chi connectivity index (χ0n) is 12.4. The summed E-state index contributed by atoms with van der Waals surface area (Å²) in [4.78, 5) is -0.431. The second-order valence-corrected chi connectivity index (χ2v) is 7.14. The summed E-state index contributed by atoms with van der Waals surface area (Å²) >= 11 is 5.12. The second-order valence-electron chi connectivity index (χ2n) is 5.35. The summed E-state index contributed by atoms with van der Waals surface area (Å²) in [6, 6.07) is 3.56. The van der Waals surface area contributed by atoms with E-state index < -0.39 is 15.0 Å². The summed E-state index contributed by atoms with van der Waals surface area (Å²) in [7, 11) is -4.58. The molecule has 0 heterocycles. The molecule has 1 fully saturated rings. The summed E-state index contributed by atoms with van der Waals surface area (Å²) in [5.41, 5.74) is 2.72. The Balaban J connectivity index is 1.95. The molecule has 0 radical (unpaired) electrons. The number of hydrazone groups is 1. The minimum absolute atomic E-state index is 0.106. The lowest BCUT2D eigenvalue weighted by molar-refractivity contribution is 0.412. The molecule has 0 aromatic heterocycles. The van der Waals surface area contributed by atoms with Gasteiger partial charge in [-0.25, -0.2) is 8.42 Å². The van der Waals surface area contributed by atoms with Crippen LogP contribution in [0.5, 0.6) is 5.75 Å². The Kier molecular flexibility index (Phi) is 5.91. The number of thiocarbonyl (C=S) groups is 1. The van der Waals surface area contributed by atoms with Crippen molar-refractivity contribution in [2.75, 3.05) is 0 Å². The van der Waals surface area contributed by atoms with Gasteiger partial charge in [0.25, 0.3) is 0 Å². The zero-order valence-corrected chi connectivity index (χ0v) is 14.0. The molecule has 2 rings (SSSR count). The molecule has 0 aliphatic heterocycles. The van der Waals surface area contributed by atoms with E-state index in [1.807, 2.05) is 0 Å². The van der Waals surface area contributed by atoms with Crippen LogP contribution in [0.15, 0.2) is 28.2 Å². The van der Waals surface area contributed by atoms with Gasteiger partial charge in [-0.15, -0.1) is 0 Å². The Morgan fingerprint density at radius 1 is 1.35 bits per heavy atom. The Morgan fingerprint density at radius 2 is 2.04 bits per heavy atom. The number of phenols is 1. The number of aromatic hydroxyl groups is 1. The SMILES string of the molecule is O=S(=O)([O-])c1ccc(O)c(/C=N/NC(=S)NC2CCCCC2)c1. The molecule has 1 aromatic carbocycles. The molecule has 0 saturated heterocycles. The fraction of sp³-hybridized carbons (Fsp3) is 0.429. The maximum atomic E-state index is 11.0. The second kappa shape index (κ2) is 7.71. The molecular weight excluding hydrogens is 338 g/mol. The van der Waals surface area contributed by atoms with Crippen LogP contribution in [0.4, 0.5) is 0 Å². The normalized spacial score (nSPS) is 16.4. The van der Waals surface area contributed by atoms with E-state index >= 15 is 0 Å². The Morgan fingerprint density at radius 3 is 2.70 bits per heavy atom. The highest BCUT2D eigenvalue weighted by Gasteiger charge is 2.13. The van der Waals surface area contributed by atoms with Crippen LogP contribution < -0.4 is 10.7 Å². The van der Waals surface area contributed by atoms with Crippen molar-refractivity contribution < 1.29 is 18.1 Å². The van der Waals surface area contributed by atoms with Gasteiger partial charge in [0, 0.05) is 11.6 Å². The van der Waals surface area contributed by atoms with E-state index in [0.717, 1.165) is 31.0 Å². The van der Waals surface area contributed by atoms with Gasteiger partial charge >= 0.3 is 0 Å². The van der Waals surface area contributed by atoms with Crippen LogP contribution in [-0.2, 0) is 10.1 Å². The number of phenolic OH excluding ortho intramolecular Hbond substituents is 1. The highest BCUT2D eigenvalue weighted by Crippen LogP contribution is 2.19. The maximum Gasteiger partial charge on any atom is 0.187 e. The molecule has 1 saturated carbocycles. The topological polar surface area (TPSA) is 114 Å². The standard InChI is InChI=1S/C14H19N3O4S2/c18-13-7-6-12(23(19,20)21)8-10(13)9-15-17-14(22)16-11-4-2-1-3-5-11/h6-9,11,18H,1-5H2,(H2,16,17,22)(H,19,20,21)/p-1/b15-9+. The van der Waals surface area contributed by atoms with Crippen LogP contribution in [0.1, 0.15) is 37.7 Å². The molecule has 0 amide bonds. The average molecular weight is 356 g/mol. The van der Waals surface area contributed by atoms with Crippen LogP contribution in [0, 0.1) is 0 Å². The van der Waals surface area contributed by atoms with Gasteiger partial charge in [0.2, 0.25) is 0 Å². The zero-order chi connectivity index (χ0) is 16.9. The van der Waals surface area contributed by atoms with Crippen molar-refractivity contribution in [1.82, 2.24) is 10.7 Å². The van der Waals surface area contributed by atoms with Crippen LogP contribution in [0.25, 0.3) is 0 Å². The Hall–Kier alpha value is -1.71. The van der Waals surface area contributed by atoms with Crippen molar-refractivity contribution in [1.29, 1.82) is 0 Å². The molecule has 23 heavy (non-hydrogen) atoms. The summed E-state index contributed by atoms with van der Waals surface area (Å²) in [5, 5.41) is 17.0. The van der Waals surface area contributed by atoms with Crippen molar-refractivity contribution in [3.8, 4) is 5.75 Å². The van der Waals surface area contributed by atoms with E-state index in [1.165, 1.54) is 25.5 Å². The lowest BCUT2D eigenvalue weighted by Crippen LogP contribution is -2.40. The summed E-state index contributed by atoms with van der Waals surface area (Å²) < 4.78 is 32.9. The molecule has 3 N–H and O–H groups in total. The Bertz CT molecular complexity index is 698. The van der Waals surface area contributed by atoms with E-state index in [9.17, 15) is 18.1 Å². The number of nitrogens with zero attached hydrogens (tertiary/aromatic N) is 1. The highest BCUT2D eigenvalue weighted by atomic mass is 32.2. The Labute approximate surface area is 140 Å². The molecular formula is C14H18N3O4S2-. The van der Waals surface area contributed by atoms with Crippen LogP contribution in [0.2, 0.25) is 0 Å². The highest BCUT2D eigenvalue weighted by molar-refractivity contribution is 7.85. The van der Waals surface area contributed by atoms with Gasteiger partial charge in [-0.05, 0) is 43.3 Å². The fourth-order valence-electron chi connectivity index (χ4n) is 2.42. The predicted octanol–water partition coefficient (Wildman–Crippen LogP) is 1.43. The van der Waals surface area contributed by atoms with Crippen molar-refractivity contribution in [3.63, 3.8) is 0 Å². The van der Waals surface area contributed by atoms with Gasteiger partial charge in [0.1, 0.15) is 15.9 Å². The monoisotopic (exact) mass is 356 g/mol. The molecule has 0 bridgehead atoms. The molecule has 1 aliphatic rings. The molecule has 7 nitrogen and oxygen atoms in total. The first kappa shape index (κ1) is 17.6. The van der Waals surface area contributed by atoms with Crippen LogP contribution in [0.3, 0.4) is 0 Å². The molecule has 0 atom stereocenters. The van der Waals surface area contributed by atoms with Gasteiger partial charge in [0.15, 0.2) is 5.11 Å². The average Bonchev–Trinajstić information content (AvgIpc) is 2.49. The molecule has 1 aromatic rings. The lowest BCUT2D eigenvalue weighted by Gasteiger charge is -2.23. The molecule has 0 spiro atoms. The fourth-order valence-corrected chi connectivity index (χ4v) is 3.14. The van der Waals surface area contributed by atoms with Gasteiger partial charge in [0.05, 0.1) is 11.1 Å². The maximum absolute atomic E-state index is 11.0. The van der Waals surface area contributed by atoms with E-state index in [-0.39, 0.29) is 11.3 Å². The van der Waals surface area contributed by atoms with Gasteiger partial charge in [-0.3, -0.25) is 5.43 Å². The first-order valence-electron chi connectivity index (χ1n) is 7.25. The lowest BCUT2D eigenvalue weighted by atomic mass is 9.96. The minimum atomic E-state index is -4.58. The number of rotatable bonds is 4. The largest absolute Gasteiger partial charge is 0.744 e. The van der Waals surface area contributed by atoms with E-state index in [4.69, 9.17) is 12.2 Å². The quantitative estimate of drug-likeness (QED) is 0.324. The van der Waals surface area contributed by atoms with E-state index in [0.29, 0.717) is 11.2 Å². The van der Waals surface area contributed by atoms with Crippen molar-refractivity contribution in [3.05, 3.63) is 23.8 Å². The number of hydrogen-bond acceptors (Lipinski definition) is 6. The number of nitrogens with one attached hydrogen (secondary N) is 2. The van der Waals surface area contributed by atoms with Gasteiger partial charge in [-0.1, -0.05) is 19.3 Å². The third-order valence-corrected chi connectivity index (χ3v) is 4.64. The molecule has 0 unspecified atom stereocenters. The number of benzene rings is 1. The summed E-state index contributed by atoms with van der Waals surface area (Å²) in [5.74, 6) is -0.186. The van der Waals surface area contributed by atoms with Crippen molar-refractivity contribution in [2.45, 2.75) is 43.0 Å². The van der Waals surface area contributed by atoms with Crippen LogP contribution >= 0.6 is 12.2 Å². The summed E-state index contributed by atoms with van der Waals surface area (Å²) in [6.07, 6.45) is 6.93. The molecule has 126 valence electrons. The first-order valence-corrected chi connectivity index (χ1v) is 9.06. The van der Waals surface area contributed by atoms with Gasteiger partial charge in [-0.2, -0.15) is 5.10 Å². The summed E-state index contributed by atoms with van der Waals surface area (Å²) in [6.45, 7) is 0. The smallest absolute Gasteiger partial charge is 0.187 e. The minimum Gasteiger partial charge on any atom is -0.744 e. The first-order chi connectivity index (χ1) is 10.9. The molecule has 1 aliphatic carbocycles. The third-order valence-electron chi connectivity index (χ3n) is 3.60. The third kappa shape index (κ3) is 5.45. The van der Waals surface area contributed by atoms with Crippen molar-refractivity contribution in [2.24, 2.45) is 5.10 Å². The van der Waals surface area contributed by atoms with E-state index in [2.05, 4.69) is 15.8 Å².